The van der Waals surface area contributed by atoms with Gasteiger partial charge in [0.25, 0.3) is 0 Å². The summed E-state index contributed by atoms with van der Waals surface area (Å²) in [5, 5.41) is 0. The van der Waals surface area contributed by atoms with Crippen LogP contribution in [0.25, 0.3) is 0 Å². The number of ether oxygens (including phenoxy) is 1. The number of hydrogen-bond acceptors (Lipinski definition) is 1. The topological polar surface area (TPSA) is 9.23 Å². The average Bonchev–Trinajstić information content (AvgIpc) is 2.88. The van der Waals surface area contributed by atoms with Crippen molar-refractivity contribution in [3.05, 3.63) is 29.8 Å². The summed E-state index contributed by atoms with van der Waals surface area (Å²) in [5.41, 5.74) is -0.638. The molecule has 76 valence electrons. The molecule has 1 nitrogen and oxygen atoms in total. The molecule has 0 heterocycles. The minimum Gasteiger partial charge on any atom is -0.490 e. The molecule has 0 N–H and O–H groups in total. The fourth-order valence-electron chi connectivity index (χ4n) is 1.10. The van der Waals surface area contributed by atoms with E-state index in [0.717, 1.165) is 25.0 Å². The van der Waals surface area contributed by atoms with E-state index in [1.54, 1.807) is 0 Å². The van der Waals surface area contributed by atoms with Crippen molar-refractivity contribution in [2.24, 2.45) is 0 Å². The van der Waals surface area contributed by atoms with Gasteiger partial charge in [-0.1, -0.05) is 0 Å². The molecule has 1 aliphatic carbocycles. The van der Waals surface area contributed by atoms with E-state index in [2.05, 4.69) is 0 Å². The van der Waals surface area contributed by atoms with Gasteiger partial charge in [-0.25, -0.2) is 0 Å². The lowest BCUT2D eigenvalue weighted by Gasteiger charge is -2.08. The van der Waals surface area contributed by atoms with E-state index in [4.69, 9.17) is 4.74 Å². The Labute approximate surface area is 79.5 Å². The monoisotopic (exact) mass is 202 g/mol. The molecule has 0 radical (unpaired) electrons. The van der Waals surface area contributed by atoms with Crippen molar-refractivity contribution in [3.63, 3.8) is 0 Å². The van der Waals surface area contributed by atoms with E-state index in [1.807, 2.05) is 0 Å². The van der Waals surface area contributed by atoms with Crippen molar-refractivity contribution in [1.29, 1.82) is 0 Å². The molecule has 0 amide bonds. The van der Waals surface area contributed by atoms with Crippen molar-refractivity contribution in [3.8, 4) is 5.75 Å². The summed E-state index contributed by atoms with van der Waals surface area (Å²) in [6.07, 6.45) is -2.05. The van der Waals surface area contributed by atoms with Crippen LogP contribution in [0.5, 0.6) is 5.75 Å². The lowest BCUT2D eigenvalue weighted by molar-refractivity contribution is -0.137. The first kappa shape index (κ1) is 9.37. The summed E-state index contributed by atoms with van der Waals surface area (Å²) in [5.74, 6) is 0.514. The van der Waals surface area contributed by atoms with Crippen LogP contribution < -0.4 is 4.74 Å². The second-order valence-corrected chi connectivity index (χ2v) is 3.34. The number of rotatable bonds is 2. The summed E-state index contributed by atoms with van der Waals surface area (Å²) < 4.78 is 41.8. The highest BCUT2D eigenvalue weighted by molar-refractivity contribution is 5.29. The Hall–Kier alpha value is -1.19. The quantitative estimate of drug-likeness (QED) is 0.715. The predicted molar refractivity (Wildman–Crippen MR) is 45.1 cm³/mol. The Kier molecular flexibility index (Phi) is 2.13. The van der Waals surface area contributed by atoms with E-state index in [1.165, 1.54) is 12.1 Å². The minimum atomic E-state index is -4.27. The highest BCUT2D eigenvalue weighted by Gasteiger charge is 2.30. The molecule has 1 fully saturated rings. The zero-order valence-corrected chi connectivity index (χ0v) is 7.34. The van der Waals surface area contributed by atoms with Gasteiger partial charge in [-0.3, -0.25) is 0 Å². The average molecular weight is 202 g/mol. The highest BCUT2D eigenvalue weighted by Crippen LogP contribution is 2.32. The smallest absolute Gasteiger partial charge is 0.416 e. The summed E-state index contributed by atoms with van der Waals surface area (Å²) in [7, 11) is 0. The largest absolute Gasteiger partial charge is 0.490 e. The molecule has 14 heavy (non-hydrogen) atoms. The van der Waals surface area contributed by atoms with Gasteiger partial charge in [0, 0.05) is 0 Å². The van der Waals surface area contributed by atoms with Crippen LogP contribution in [-0.4, -0.2) is 6.10 Å². The normalized spacial score (nSPS) is 16.8. The molecule has 0 unspecified atom stereocenters. The zero-order valence-electron chi connectivity index (χ0n) is 7.34. The molecule has 2 rings (SSSR count). The van der Waals surface area contributed by atoms with E-state index in [-0.39, 0.29) is 6.10 Å². The molecule has 0 atom stereocenters. The summed E-state index contributed by atoms with van der Waals surface area (Å²) in [4.78, 5) is 0. The van der Waals surface area contributed by atoms with Gasteiger partial charge >= 0.3 is 6.18 Å². The number of benzene rings is 1. The Morgan fingerprint density at radius 3 is 2.07 bits per heavy atom. The Balaban J connectivity index is 2.08. The standard InChI is InChI=1S/C10H9F3O/c11-10(12,13)7-1-3-8(4-2-7)14-9-5-6-9/h1-4,9H,5-6H2. The fraction of sp³-hybridized carbons (Fsp3) is 0.400. The third-order valence-corrected chi connectivity index (χ3v) is 2.01. The highest BCUT2D eigenvalue weighted by atomic mass is 19.4. The maximum Gasteiger partial charge on any atom is 0.416 e. The molecule has 1 aromatic rings. The molecule has 4 heteroatoms. The molecular formula is C10H9F3O. The Morgan fingerprint density at radius 2 is 1.64 bits per heavy atom. The minimum absolute atomic E-state index is 0.215. The zero-order chi connectivity index (χ0) is 10.2. The van der Waals surface area contributed by atoms with Crippen molar-refractivity contribution in [2.75, 3.05) is 0 Å². The van der Waals surface area contributed by atoms with Crippen LogP contribution in [0.2, 0.25) is 0 Å². The molecule has 0 aromatic heterocycles. The van der Waals surface area contributed by atoms with E-state index in [0.29, 0.717) is 5.75 Å². The van der Waals surface area contributed by atoms with Crippen LogP contribution in [0.1, 0.15) is 18.4 Å². The van der Waals surface area contributed by atoms with Crippen molar-refractivity contribution in [2.45, 2.75) is 25.1 Å². The Morgan fingerprint density at radius 1 is 1.07 bits per heavy atom. The third kappa shape index (κ3) is 2.19. The first-order valence-electron chi connectivity index (χ1n) is 4.39. The van der Waals surface area contributed by atoms with Gasteiger partial charge in [-0.05, 0) is 37.1 Å². The summed E-state index contributed by atoms with van der Waals surface area (Å²) in [6.45, 7) is 0. The summed E-state index contributed by atoms with van der Waals surface area (Å²) in [6, 6.07) is 4.80. The van der Waals surface area contributed by atoms with Gasteiger partial charge in [0.05, 0.1) is 11.7 Å². The maximum atomic E-state index is 12.2. The third-order valence-electron chi connectivity index (χ3n) is 2.01. The molecule has 1 aromatic carbocycles. The molecule has 0 spiro atoms. The van der Waals surface area contributed by atoms with Gasteiger partial charge in [0.2, 0.25) is 0 Å². The Bertz CT molecular complexity index is 311. The number of halogens is 3. The molecule has 0 bridgehead atoms. The number of hydrogen-bond donors (Lipinski definition) is 0. The lowest BCUT2D eigenvalue weighted by Crippen LogP contribution is -2.04. The predicted octanol–water partition coefficient (Wildman–Crippen LogP) is 3.25. The molecular weight excluding hydrogens is 193 g/mol. The van der Waals surface area contributed by atoms with Crippen LogP contribution in [0.15, 0.2) is 24.3 Å². The van der Waals surface area contributed by atoms with Gasteiger partial charge < -0.3 is 4.74 Å². The van der Waals surface area contributed by atoms with Crippen LogP contribution in [0, 0.1) is 0 Å². The lowest BCUT2D eigenvalue weighted by atomic mass is 10.2. The van der Waals surface area contributed by atoms with Gasteiger partial charge in [0.1, 0.15) is 5.75 Å². The van der Waals surface area contributed by atoms with Crippen LogP contribution in [-0.2, 0) is 6.18 Å². The maximum absolute atomic E-state index is 12.2. The number of alkyl halides is 3. The SMILES string of the molecule is FC(F)(F)c1ccc(OC2CC2)cc1. The molecule has 1 saturated carbocycles. The fourth-order valence-corrected chi connectivity index (χ4v) is 1.10. The van der Waals surface area contributed by atoms with E-state index < -0.39 is 11.7 Å². The first-order valence-corrected chi connectivity index (χ1v) is 4.39. The van der Waals surface area contributed by atoms with E-state index in [9.17, 15) is 13.2 Å². The van der Waals surface area contributed by atoms with Crippen LogP contribution in [0.4, 0.5) is 13.2 Å². The second kappa shape index (κ2) is 3.19. The van der Waals surface area contributed by atoms with Gasteiger partial charge in [0.15, 0.2) is 0 Å². The molecule has 0 saturated heterocycles. The van der Waals surface area contributed by atoms with Crippen LogP contribution in [0.3, 0.4) is 0 Å². The first-order chi connectivity index (χ1) is 6.55. The van der Waals surface area contributed by atoms with Crippen molar-refractivity contribution < 1.29 is 17.9 Å². The van der Waals surface area contributed by atoms with Gasteiger partial charge in [-0.2, -0.15) is 13.2 Å². The van der Waals surface area contributed by atoms with E-state index >= 15 is 0 Å². The second-order valence-electron chi connectivity index (χ2n) is 3.34. The van der Waals surface area contributed by atoms with Crippen molar-refractivity contribution in [1.82, 2.24) is 0 Å². The van der Waals surface area contributed by atoms with Crippen molar-refractivity contribution >= 4 is 0 Å². The molecule has 1 aliphatic rings. The van der Waals surface area contributed by atoms with Crippen LogP contribution >= 0.6 is 0 Å². The van der Waals surface area contributed by atoms with Gasteiger partial charge in [-0.15, -0.1) is 0 Å². The summed E-state index contributed by atoms with van der Waals surface area (Å²) >= 11 is 0. The molecule has 0 aliphatic heterocycles.